The van der Waals surface area contributed by atoms with Gasteiger partial charge in [-0.15, -0.1) is 11.3 Å². The van der Waals surface area contributed by atoms with E-state index in [0.29, 0.717) is 17.8 Å². The Morgan fingerprint density at radius 1 is 1.14 bits per heavy atom. The number of nitrogens with zero attached hydrogens (tertiary/aromatic N) is 3. The molecule has 1 saturated heterocycles. The number of anilines is 1. The van der Waals surface area contributed by atoms with E-state index in [-0.39, 0.29) is 11.9 Å². The van der Waals surface area contributed by atoms with Crippen LogP contribution < -0.4 is 5.32 Å². The van der Waals surface area contributed by atoms with Crippen LogP contribution in [0.4, 0.5) is 10.5 Å². The number of fused-ring (bicyclic) bond motifs is 1. The molecule has 0 aliphatic carbocycles. The summed E-state index contributed by atoms with van der Waals surface area (Å²) in [7, 11) is 1.74. The van der Waals surface area contributed by atoms with Crippen LogP contribution in [0.5, 0.6) is 0 Å². The number of hydrogen-bond acceptors (Lipinski definition) is 4. The number of carbonyl (C=O) groups is 2. The van der Waals surface area contributed by atoms with Gasteiger partial charge in [0.2, 0.25) is 0 Å². The minimum absolute atomic E-state index is 0.0245. The lowest BCUT2D eigenvalue weighted by Gasteiger charge is -2.18. The monoisotopic (exact) mass is 394 g/mol. The van der Waals surface area contributed by atoms with Crippen LogP contribution in [0.3, 0.4) is 0 Å². The Morgan fingerprint density at radius 2 is 1.93 bits per heavy atom. The van der Waals surface area contributed by atoms with Crippen LogP contribution in [0.25, 0.3) is 10.2 Å². The molecule has 4 rings (SSSR count). The highest BCUT2D eigenvalue weighted by atomic mass is 32.1. The number of likely N-dealkylation sites (tertiary alicyclic amines) is 1. The first-order valence-electron chi connectivity index (χ1n) is 9.36. The summed E-state index contributed by atoms with van der Waals surface area (Å²) >= 11 is 1.59. The fraction of sp³-hybridized carbons (Fsp3) is 0.286. The van der Waals surface area contributed by atoms with E-state index in [1.54, 1.807) is 47.5 Å². The van der Waals surface area contributed by atoms with E-state index in [2.05, 4.69) is 10.3 Å². The van der Waals surface area contributed by atoms with E-state index in [9.17, 15) is 9.59 Å². The Balaban J connectivity index is 1.41. The SMILES string of the molecule is CN(Cc1nc2ccccc2s1)C(=O)Nc1cccc(C(=O)N2CCCC2)c1. The second kappa shape index (κ2) is 7.98. The molecule has 1 fully saturated rings. The summed E-state index contributed by atoms with van der Waals surface area (Å²) in [6, 6.07) is 14.8. The number of carbonyl (C=O) groups excluding carboxylic acids is 2. The molecule has 0 spiro atoms. The average Bonchev–Trinajstić information content (AvgIpc) is 3.37. The number of para-hydroxylation sites is 1. The molecule has 0 radical (unpaired) electrons. The van der Waals surface area contributed by atoms with Gasteiger partial charge in [0.05, 0.1) is 16.8 Å². The number of benzene rings is 2. The molecule has 1 N–H and O–H groups in total. The van der Waals surface area contributed by atoms with Crippen molar-refractivity contribution in [3.8, 4) is 0 Å². The van der Waals surface area contributed by atoms with Crippen LogP contribution >= 0.6 is 11.3 Å². The third kappa shape index (κ3) is 3.99. The van der Waals surface area contributed by atoms with Crippen molar-refractivity contribution in [2.45, 2.75) is 19.4 Å². The van der Waals surface area contributed by atoms with Gasteiger partial charge in [-0.3, -0.25) is 4.79 Å². The molecule has 3 aromatic rings. The van der Waals surface area contributed by atoms with E-state index >= 15 is 0 Å². The highest BCUT2D eigenvalue weighted by Crippen LogP contribution is 2.23. The van der Waals surface area contributed by atoms with Gasteiger partial charge in [-0.1, -0.05) is 18.2 Å². The van der Waals surface area contributed by atoms with Gasteiger partial charge in [-0.05, 0) is 43.2 Å². The second-order valence-electron chi connectivity index (χ2n) is 6.94. The summed E-state index contributed by atoms with van der Waals surface area (Å²) in [6.45, 7) is 2.04. The van der Waals surface area contributed by atoms with Gasteiger partial charge in [-0.2, -0.15) is 0 Å². The number of thiazole rings is 1. The Bertz CT molecular complexity index is 977. The molecule has 0 bridgehead atoms. The molecule has 3 amide bonds. The maximum atomic E-state index is 12.6. The highest BCUT2D eigenvalue weighted by Gasteiger charge is 2.20. The molecule has 0 saturated carbocycles. The van der Waals surface area contributed by atoms with Gasteiger partial charge < -0.3 is 15.1 Å². The minimum Gasteiger partial charge on any atom is -0.339 e. The molecule has 6 nitrogen and oxygen atoms in total. The zero-order chi connectivity index (χ0) is 19.5. The fourth-order valence-corrected chi connectivity index (χ4v) is 4.33. The number of rotatable bonds is 4. The van der Waals surface area contributed by atoms with Crippen LogP contribution in [0.2, 0.25) is 0 Å². The van der Waals surface area contributed by atoms with E-state index < -0.39 is 0 Å². The lowest BCUT2D eigenvalue weighted by molar-refractivity contribution is 0.0793. The summed E-state index contributed by atoms with van der Waals surface area (Å²) in [5, 5.41) is 3.76. The first kappa shape index (κ1) is 18.4. The van der Waals surface area contributed by atoms with Crippen molar-refractivity contribution >= 4 is 39.2 Å². The van der Waals surface area contributed by atoms with Crippen LogP contribution in [0.1, 0.15) is 28.2 Å². The number of urea groups is 1. The Kier molecular flexibility index (Phi) is 5.25. The lowest BCUT2D eigenvalue weighted by Crippen LogP contribution is -2.31. The van der Waals surface area contributed by atoms with Crippen molar-refractivity contribution in [2.75, 3.05) is 25.5 Å². The van der Waals surface area contributed by atoms with Crippen LogP contribution in [0, 0.1) is 0 Å². The molecule has 28 heavy (non-hydrogen) atoms. The molecule has 2 aromatic carbocycles. The molecule has 0 unspecified atom stereocenters. The normalized spacial score (nSPS) is 13.7. The van der Waals surface area contributed by atoms with Crippen molar-refractivity contribution < 1.29 is 9.59 Å². The molecule has 2 heterocycles. The topological polar surface area (TPSA) is 65.5 Å². The van der Waals surface area contributed by atoms with Gasteiger partial charge in [0.25, 0.3) is 5.91 Å². The fourth-order valence-electron chi connectivity index (χ4n) is 3.31. The van der Waals surface area contributed by atoms with Gasteiger partial charge >= 0.3 is 6.03 Å². The van der Waals surface area contributed by atoms with Crippen molar-refractivity contribution in [2.24, 2.45) is 0 Å². The van der Waals surface area contributed by atoms with Gasteiger partial charge in [0.1, 0.15) is 5.01 Å². The lowest BCUT2D eigenvalue weighted by atomic mass is 10.2. The number of hydrogen-bond donors (Lipinski definition) is 1. The zero-order valence-electron chi connectivity index (χ0n) is 15.7. The van der Waals surface area contributed by atoms with Gasteiger partial charge in [-0.25, -0.2) is 9.78 Å². The summed E-state index contributed by atoms with van der Waals surface area (Å²) in [4.78, 5) is 33.1. The standard InChI is InChI=1S/C21H22N4O2S/c1-24(14-19-23-17-9-2-3-10-18(17)28-19)21(27)22-16-8-6-7-15(13-16)20(26)25-11-4-5-12-25/h2-3,6-10,13H,4-5,11-12,14H2,1H3,(H,22,27). The maximum Gasteiger partial charge on any atom is 0.321 e. The van der Waals surface area contributed by atoms with Gasteiger partial charge in [0.15, 0.2) is 0 Å². The largest absolute Gasteiger partial charge is 0.339 e. The number of aromatic nitrogens is 1. The van der Waals surface area contributed by atoms with Crippen molar-refractivity contribution in [3.05, 3.63) is 59.1 Å². The molecule has 7 heteroatoms. The quantitative estimate of drug-likeness (QED) is 0.721. The maximum absolute atomic E-state index is 12.6. The summed E-state index contributed by atoms with van der Waals surface area (Å²) in [5.74, 6) is 0.0245. The summed E-state index contributed by atoms with van der Waals surface area (Å²) in [6.07, 6.45) is 2.11. The Hall–Kier alpha value is -2.93. The third-order valence-electron chi connectivity index (χ3n) is 4.81. The third-order valence-corrected chi connectivity index (χ3v) is 5.83. The molecule has 1 aliphatic heterocycles. The average molecular weight is 395 g/mol. The first-order valence-corrected chi connectivity index (χ1v) is 10.2. The molecule has 0 atom stereocenters. The molecular weight excluding hydrogens is 372 g/mol. The first-order chi connectivity index (χ1) is 13.6. The number of amides is 3. The highest BCUT2D eigenvalue weighted by molar-refractivity contribution is 7.18. The van der Waals surface area contributed by atoms with Crippen molar-refractivity contribution in [3.63, 3.8) is 0 Å². The van der Waals surface area contributed by atoms with Crippen LogP contribution in [0.15, 0.2) is 48.5 Å². The zero-order valence-corrected chi connectivity index (χ0v) is 16.5. The van der Waals surface area contributed by atoms with Crippen molar-refractivity contribution in [1.82, 2.24) is 14.8 Å². The van der Waals surface area contributed by atoms with Gasteiger partial charge in [0, 0.05) is 31.4 Å². The van der Waals surface area contributed by atoms with Crippen LogP contribution in [-0.2, 0) is 6.54 Å². The minimum atomic E-state index is -0.231. The molecular formula is C21H22N4O2S. The predicted molar refractivity (Wildman–Crippen MR) is 112 cm³/mol. The molecule has 1 aliphatic rings. The molecule has 1 aromatic heterocycles. The van der Waals surface area contributed by atoms with E-state index in [4.69, 9.17) is 0 Å². The Morgan fingerprint density at radius 3 is 2.71 bits per heavy atom. The van der Waals surface area contributed by atoms with E-state index in [1.165, 1.54) is 0 Å². The second-order valence-corrected chi connectivity index (χ2v) is 8.06. The number of nitrogens with one attached hydrogen (secondary N) is 1. The smallest absolute Gasteiger partial charge is 0.321 e. The summed E-state index contributed by atoms with van der Waals surface area (Å²) < 4.78 is 1.11. The van der Waals surface area contributed by atoms with Crippen molar-refractivity contribution in [1.29, 1.82) is 0 Å². The summed E-state index contributed by atoms with van der Waals surface area (Å²) in [5.41, 5.74) is 2.17. The predicted octanol–water partition coefficient (Wildman–Crippen LogP) is 4.20. The van der Waals surface area contributed by atoms with Crippen LogP contribution in [-0.4, -0.2) is 46.9 Å². The molecule has 144 valence electrons. The van der Waals surface area contributed by atoms with E-state index in [0.717, 1.165) is 41.2 Å². The van der Waals surface area contributed by atoms with E-state index in [1.807, 2.05) is 29.2 Å². The Labute approximate surface area is 167 Å².